The number of unbranched alkanes of at least 4 members (excludes halogenated alkanes) is 18. The lowest BCUT2D eigenvalue weighted by Gasteiger charge is -2.18. The molecule has 0 N–H and O–H groups in total. The van der Waals surface area contributed by atoms with Gasteiger partial charge in [0.2, 0.25) is 0 Å². The highest BCUT2D eigenvalue weighted by Gasteiger charge is 2.19. The van der Waals surface area contributed by atoms with Crippen LogP contribution in [0.1, 0.15) is 252 Å². The molecule has 0 aliphatic carbocycles. The van der Waals surface area contributed by atoms with Crippen molar-refractivity contribution in [1.82, 2.24) is 0 Å². The molecule has 0 aromatic heterocycles. The van der Waals surface area contributed by atoms with Crippen molar-refractivity contribution in [2.24, 2.45) is 0 Å². The SMILES string of the molecule is CC/C=C\C/C=C\C/C=C\C/C=C\C/C=C\C/C=C\CCCCCCCCCCC(=O)OCC(COC(=O)CCCCCCC/C=C\C/C=C\CCC)OC(=O)CCCCCC/C=C\C/C=C\C/C=C\C/C=C\CC. The van der Waals surface area contributed by atoms with Crippen molar-refractivity contribution < 1.29 is 28.6 Å². The third-order valence-electron chi connectivity index (χ3n) is 12.3. The quantitative estimate of drug-likeness (QED) is 0.0261. The summed E-state index contributed by atoms with van der Waals surface area (Å²) in [5.41, 5.74) is 0. The van der Waals surface area contributed by atoms with Gasteiger partial charge in [0.25, 0.3) is 0 Å². The molecule has 75 heavy (non-hydrogen) atoms. The lowest BCUT2D eigenvalue weighted by Crippen LogP contribution is -2.30. The average Bonchev–Trinajstić information content (AvgIpc) is 3.41. The number of rotatable bonds is 53. The summed E-state index contributed by atoms with van der Waals surface area (Å²) in [6.45, 7) is 6.30. The summed E-state index contributed by atoms with van der Waals surface area (Å²) < 4.78 is 16.8. The maximum Gasteiger partial charge on any atom is 0.306 e. The van der Waals surface area contributed by atoms with Gasteiger partial charge in [-0.05, 0) is 135 Å². The fourth-order valence-corrected chi connectivity index (χ4v) is 7.83. The minimum atomic E-state index is -0.807. The van der Waals surface area contributed by atoms with Crippen molar-refractivity contribution in [3.63, 3.8) is 0 Å². The monoisotopic (exact) mass is 1030 g/mol. The van der Waals surface area contributed by atoms with E-state index in [1.54, 1.807) is 0 Å². The van der Waals surface area contributed by atoms with E-state index in [0.29, 0.717) is 12.8 Å². The molecule has 0 aliphatic heterocycles. The van der Waals surface area contributed by atoms with E-state index in [1.807, 2.05) is 0 Å². The Morgan fingerprint density at radius 1 is 0.280 bits per heavy atom. The number of carbonyl (C=O) groups excluding carboxylic acids is 3. The topological polar surface area (TPSA) is 78.9 Å². The Morgan fingerprint density at radius 3 is 0.813 bits per heavy atom. The Bertz CT molecular complexity index is 1660. The van der Waals surface area contributed by atoms with Gasteiger partial charge in [0.05, 0.1) is 0 Å². The molecule has 0 bridgehead atoms. The highest BCUT2D eigenvalue weighted by Crippen LogP contribution is 2.14. The number of esters is 3. The molecule has 422 valence electrons. The molecular weight excluding hydrogens is 925 g/mol. The van der Waals surface area contributed by atoms with Crippen molar-refractivity contribution in [2.75, 3.05) is 13.2 Å². The van der Waals surface area contributed by atoms with Crippen molar-refractivity contribution in [2.45, 2.75) is 258 Å². The minimum Gasteiger partial charge on any atom is -0.462 e. The molecule has 0 saturated carbocycles. The largest absolute Gasteiger partial charge is 0.462 e. The van der Waals surface area contributed by atoms with Gasteiger partial charge in [-0.25, -0.2) is 0 Å². The van der Waals surface area contributed by atoms with Crippen LogP contribution in [0.2, 0.25) is 0 Å². The predicted molar refractivity (Wildman–Crippen MR) is 325 cm³/mol. The highest BCUT2D eigenvalue weighted by atomic mass is 16.6. The molecule has 1 atom stereocenters. The Labute approximate surface area is 461 Å². The Morgan fingerprint density at radius 2 is 0.520 bits per heavy atom. The maximum absolute atomic E-state index is 12.9. The van der Waals surface area contributed by atoms with Crippen LogP contribution in [0.4, 0.5) is 0 Å². The van der Waals surface area contributed by atoms with E-state index < -0.39 is 6.10 Å². The van der Waals surface area contributed by atoms with Gasteiger partial charge in [0.1, 0.15) is 13.2 Å². The molecule has 0 amide bonds. The van der Waals surface area contributed by atoms with Crippen LogP contribution in [0.3, 0.4) is 0 Å². The predicted octanol–water partition coefficient (Wildman–Crippen LogP) is 20.8. The lowest BCUT2D eigenvalue weighted by molar-refractivity contribution is -0.167. The molecule has 0 fully saturated rings. The first-order chi connectivity index (χ1) is 37.0. The van der Waals surface area contributed by atoms with Crippen LogP contribution in [0.15, 0.2) is 146 Å². The Hall–Kier alpha value is -4.71. The smallest absolute Gasteiger partial charge is 0.306 e. The summed E-state index contributed by atoms with van der Waals surface area (Å²) in [5.74, 6) is -0.952. The number of ether oxygens (including phenoxy) is 3. The molecule has 0 spiro atoms. The summed E-state index contributed by atoms with van der Waals surface area (Å²) in [6, 6.07) is 0. The number of hydrogen-bond donors (Lipinski definition) is 0. The van der Waals surface area contributed by atoms with Crippen molar-refractivity contribution in [3.05, 3.63) is 146 Å². The highest BCUT2D eigenvalue weighted by molar-refractivity contribution is 5.71. The lowest BCUT2D eigenvalue weighted by atomic mass is 10.1. The first kappa shape index (κ1) is 70.3. The van der Waals surface area contributed by atoms with E-state index in [4.69, 9.17) is 14.2 Å². The molecule has 6 nitrogen and oxygen atoms in total. The summed E-state index contributed by atoms with van der Waals surface area (Å²) in [7, 11) is 0. The Kier molecular flexibility index (Phi) is 58.0. The van der Waals surface area contributed by atoms with Crippen LogP contribution in [0, 0.1) is 0 Å². The van der Waals surface area contributed by atoms with Gasteiger partial charge in [-0.3, -0.25) is 14.4 Å². The van der Waals surface area contributed by atoms with Gasteiger partial charge in [-0.15, -0.1) is 0 Å². The zero-order valence-electron chi connectivity index (χ0n) is 48.3. The van der Waals surface area contributed by atoms with Gasteiger partial charge < -0.3 is 14.2 Å². The second-order valence-corrected chi connectivity index (χ2v) is 19.5. The summed E-state index contributed by atoms with van der Waals surface area (Å²) >= 11 is 0. The van der Waals surface area contributed by atoms with Crippen molar-refractivity contribution in [3.8, 4) is 0 Å². The fraction of sp³-hybridized carbons (Fsp3) is 0.609. The van der Waals surface area contributed by atoms with Crippen LogP contribution in [-0.4, -0.2) is 37.2 Å². The van der Waals surface area contributed by atoms with Gasteiger partial charge in [-0.1, -0.05) is 244 Å². The van der Waals surface area contributed by atoms with E-state index in [1.165, 1.54) is 38.5 Å². The van der Waals surface area contributed by atoms with Gasteiger partial charge >= 0.3 is 17.9 Å². The van der Waals surface area contributed by atoms with Crippen LogP contribution in [0.5, 0.6) is 0 Å². The third-order valence-corrected chi connectivity index (χ3v) is 12.3. The average molecular weight is 1040 g/mol. The molecule has 0 aromatic rings. The summed E-state index contributed by atoms with van der Waals surface area (Å²) in [4.78, 5) is 38.2. The fourth-order valence-electron chi connectivity index (χ4n) is 7.83. The van der Waals surface area contributed by atoms with Crippen LogP contribution >= 0.6 is 0 Å². The van der Waals surface area contributed by atoms with E-state index in [2.05, 4.69) is 167 Å². The molecule has 0 aliphatic rings. The normalized spacial score (nSPS) is 13.2. The third kappa shape index (κ3) is 60.0. The van der Waals surface area contributed by atoms with Crippen LogP contribution < -0.4 is 0 Å². The number of allylic oxidation sites excluding steroid dienone is 24. The van der Waals surface area contributed by atoms with Crippen molar-refractivity contribution in [1.29, 1.82) is 0 Å². The molecule has 0 rings (SSSR count). The molecule has 6 heteroatoms. The Balaban J connectivity index is 4.40. The van der Waals surface area contributed by atoms with E-state index in [-0.39, 0.29) is 37.5 Å². The van der Waals surface area contributed by atoms with Crippen LogP contribution in [0.25, 0.3) is 0 Å². The summed E-state index contributed by atoms with van der Waals surface area (Å²) in [6.07, 6.45) is 88.4. The second-order valence-electron chi connectivity index (χ2n) is 19.5. The number of hydrogen-bond acceptors (Lipinski definition) is 6. The standard InChI is InChI=1S/C69H110O6/c1-4-7-10-13-16-19-22-25-27-29-30-31-32-33-34-35-36-37-38-40-41-44-47-50-53-56-59-62-68(71)74-65-66(64-73-67(70)61-58-55-52-49-46-43-24-21-18-15-12-9-6-3)75-69(72)63-60-57-54-51-48-45-42-39-28-26-23-20-17-14-11-8-5-2/h7-8,10-12,15-17,19-21,24-28,30-31,33-34,36-37,42,45,66H,4-6,9,13-14,18,22-23,29,32,35,38-41,43-44,46-65H2,1-3H3/b10-7-,11-8-,15-12-,19-16-,20-17-,24-21-,27-25-,28-26-,31-30-,34-33-,37-36-,45-42-. The molecule has 1 unspecified atom stereocenters. The van der Waals surface area contributed by atoms with Gasteiger partial charge in [0.15, 0.2) is 6.10 Å². The van der Waals surface area contributed by atoms with Crippen molar-refractivity contribution >= 4 is 17.9 Å². The molecule has 0 radical (unpaired) electrons. The molecule has 0 aromatic carbocycles. The van der Waals surface area contributed by atoms with E-state index >= 15 is 0 Å². The van der Waals surface area contributed by atoms with E-state index in [9.17, 15) is 14.4 Å². The van der Waals surface area contributed by atoms with Gasteiger partial charge in [-0.2, -0.15) is 0 Å². The number of carbonyl (C=O) groups is 3. The zero-order valence-corrected chi connectivity index (χ0v) is 48.3. The molecule has 0 saturated heterocycles. The maximum atomic E-state index is 12.9. The first-order valence-electron chi connectivity index (χ1n) is 30.3. The van der Waals surface area contributed by atoms with Crippen LogP contribution in [-0.2, 0) is 28.6 Å². The zero-order chi connectivity index (χ0) is 54.3. The minimum absolute atomic E-state index is 0.102. The second kappa shape index (κ2) is 61.8. The van der Waals surface area contributed by atoms with Gasteiger partial charge in [0, 0.05) is 19.3 Å². The molecular formula is C69H110O6. The van der Waals surface area contributed by atoms with E-state index in [0.717, 1.165) is 173 Å². The first-order valence-corrected chi connectivity index (χ1v) is 30.3. The summed E-state index contributed by atoms with van der Waals surface area (Å²) in [5, 5.41) is 0. The molecule has 0 heterocycles.